The lowest BCUT2D eigenvalue weighted by molar-refractivity contribution is 0.138. The summed E-state index contributed by atoms with van der Waals surface area (Å²) in [6.07, 6.45) is -0.353. The Morgan fingerprint density at radius 1 is 0.970 bits per heavy atom. The van der Waals surface area contributed by atoms with E-state index in [-0.39, 0.29) is 17.4 Å². The highest BCUT2D eigenvalue weighted by atomic mass is 32.1. The number of nitrogens with zero attached hydrogens (tertiary/aromatic N) is 3. The number of benzene rings is 2. The van der Waals surface area contributed by atoms with Crippen LogP contribution in [0.2, 0.25) is 0 Å². The molecule has 0 saturated carbocycles. The second kappa shape index (κ2) is 8.88. The number of para-hydroxylation sites is 2. The van der Waals surface area contributed by atoms with Crippen molar-refractivity contribution in [2.24, 2.45) is 0 Å². The summed E-state index contributed by atoms with van der Waals surface area (Å²) >= 11 is 1.39. The summed E-state index contributed by atoms with van der Waals surface area (Å²) in [5.74, 6) is 0.850. The van der Waals surface area contributed by atoms with E-state index in [2.05, 4.69) is 20.9 Å². The first-order chi connectivity index (χ1) is 16.1. The maximum absolute atomic E-state index is 13.6. The van der Waals surface area contributed by atoms with E-state index in [1.165, 1.54) is 15.9 Å². The quantitative estimate of drug-likeness (QED) is 0.489. The van der Waals surface area contributed by atoms with Crippen molar-refractivity contribution >= 4 is 27.2 Å². The van der Waals surface area contributed by atoms with Crippen molar-refractivity contribution in [1.29, 1.82) is 0 Å². The van der Waals surface area contributed by atoms with E-state index in [1.54, 1.807) is 7.11 Å². The summed E-state index contributed by atoms with van der Waals surface area (Å²) in [5.41, 5.74) is 2.29. The van der Waals surface area contributed by atoms with Gasteiger partial charge in [-0.2, -0.15) is 0 Å². The number of aromatic amines is 1. The fraction of sp³-hybridized carbons (Fsp3) is 0.280. The number of fused-ring (bicyclic) bond motifs is 1. The minimum Gasteiger partial charge on any atom is -0.495 e. The lowest BCUT2D eigenvalue weighted by atomic mass is 10.1. The first kappa shape index (κ1) is 21.5. The summed E-state index contributed by atoms with van der Waals surface area (Å²) in [6.45, 7) is 4.97. The van der Waals surface area contributed by atoms with Crippen molar-refractivity contribution in [1.82, 2.24) is 14.5 Å². The second-order valence-electron chi connectivity index (χ2n) is 8.15. The van der Waals surface area contributed by atoms with Gasteiger partial charge in [-0.15, -0.1) is 11.3 Å². The van der Waals surface area contributed by atoms with Crippen LogP contribution in [0.5, 0.6) is 5.75 Å². The number of H-pyrrole nitrogens is 1. The zero-order valence-corrected chi connectivity index (χ0v) is 19.5. The van der Waals surface area contributed by atoms with Crippen LogP contribution in [0.15, 0.2) is 69.6 Å². The number of methoxy groups -OCH3 is 1. The number of anilines is 1. The van der Waals surface area contributed by atoms with Gasteiger partial charge in [-0.05, 0) is 24.6 Å². The highest BCUT2D eigenvalue weighted by molar-refractivity contribution is 7.17. The van der Waals surface area contributed by atoms with Crippen LogP contribution in [0.3, 0.4) is 0 Å². The van der Waals surface area contributed by atoms with Gasteiger partial charge in [0.05, 0.1) is 24.3 Å². The van der Waals surface area contributed by atoms with E-state index >= 15 is 0 Å². The van der Waals surface area contributed by atoms with E-state index in [4.69, 9.17) is 4.74 Å². The molecule has 1 saturated heterocycles. The van der Waals surface area contributed by atoms with E-state index in [1.807, 2.05) is 60.8 Å². The minimum atomic E-state index is -0.367. The Hall–Kier alpha value is -3.36. The number of aromatic nitrogens is 2. The summed E-state index contributed by atoms with van der Waals surface area (Å²) in [5, 5.41) is 2.52. The van der Waals surface area contributed by atoms with Crippen LogP contribution in [0.1, 0.15) is 13.1 Å². The molecule has 0 spiro atoms. The SMILES string of the molecule is COc1ccccc1N1CCN(C(C)n2c(=O)[nH]c3scc(-c4ccccc4)c3c2=O)CC1. The molecule has 1 aliphatic rings. The van der Waals surface area contributed by atoms with Gasteiger partial charge in [-0.25, -0.2) is 9.36 Å². The molecule has 0 bridgehead atoms. The fourth-order valence-corrected chi connectivity index (χ4v) is 5.54. The Bertz CT molecular complexity index is 1380. The van der Waals surface area contributed by atoms with Gasteiger partial charge >= 0.3 is 5.69 Å². The number of thiophene rings is 1. The third-order valence-corrected chi connectivity index (χ3v) is 7.29. The average molecular weight is 463 g/mol. The molecular weight excluding hydrogens is 436 g/mol. The van der Waals surface area contributed by atoms with Gasteiger partial charge in [-0.1, -0.05) is 42.5 Å². The molecule has 2 aromatic carbocycles. The van der Waals surface area contributed by atoms with Crippen molar-refractivity contribution in [2.75, 3.05) is 38.2 Å². The van der Waals surface area contributed by atoms with Crippen molar-refractivity contribution < 1.29 is 4.74 Å². The first-order valence-electron chi connectivity index (χ1n) is 11.0. The standard InChI is InChI=1S/C25H26N4O3S/c1-17(27-12-14-28(15-13-27)20-10-6-7-11-21(20)32-2)29-24(30)22-19(18-8-4-3-5-9-18)16-33-23(22)26-25(29)31/h3-11,16-17H,12-15H2,1-2H3,(H,26,31). The van der Waals surface area contributed by atoms with Crippen LogP contribution in [-0.4, -0.2) is 47.7 Å². The lowest BCUT2D eigenvalue weighted by Gasteiger charge is -2.39. The number of hydrogen-bond donors (Lipinski definition) is 1. The molecule has 0 radical (unpaired) electrons. The van der Waals surface area contributed by atoms with Crippen molar-refractivity contribution in [3.63, 3.8) is 0 Å². The normalized spacial score (nSPS) is 15.6. The van der Waals surface area contributed by atoms with Gasteiger partial charge in [0.2, 0.25) is 0 Å². The number of nitrogens with one attached hydrogen (secondary N) is 1. The monoisotopic (exact) mass is 462 g/mol. The molecular formula is C25H26N4O3S. The molecule has 8 heteroatoms. The van der Waals surface area contributed by atoms with E-state index in [0.29, 0.717) is 10.2 Å². The summed E-state index contributed by atoms with van der Waals surface area (Å²) < 4.78 is 6.87. The van der Waals surface area contributed by atoms with Gasteiger partial charge in [0.1, 0.15) is 10.6 Å². The van der Waals surface area contributed by atoms with Crippen molar-refractivity contribution in [2.45, 2.75) is 13.1 Å². The van der Waals surface area contributed by atoms with Gasteiger partial charge in [0, 0.05) is 37.1 Å². The Morgan fingerprint density at radius 3 is 2.39 bits per heavy atom. The molecule has 1 N–H and O–H groups in total. The van der Waals surface area contributed by atoms with Crippen molar-refractivity contribution in [3.8, 4) is 16.9 Å². The first-order valence-corrected chi connectivity index (χ1v) is 11.9. The molecule has 7 nitrogen and oxygen atoms in total. The summed E-state index contributed by atoms with van der Waals surface area (Å²) in [6, 6.07) is 17.8. The van der Waals surface area contributed by atoms with Crippen LogP contribution < -0.4 is 20.9 Å². The van der Waals surface area contributed by atoms with Gasteiger partial charge < -0.3 is 9.64 Å². The van der Waals surface area contributed by atoms with E-state index in [9.17, 15) is 9.59 Å². The Labute approximate surface area is 195 Å². The van der Waals surface area contributed by atoms with Crippen molar-refractivity contribution in [3.05, 3.63) is 80.8 Å². The minimum absolute atomic E-state index is 0.242. The molecule has 0 aliphatic carbocycles. The third-order valence-electron chi connectivity index (χ3n) is 6.39. The molecule has 1 fully saturated rings. The van der Waals surface area contributed by atoms with Crippen LogP contribution >= 0.6 is 11.3 Å². The maximum Gasteiger partial charge on any atom is 0.330 e. The number of hydrogen-bond acceptors (Lipinski definition) is 6. The topological polar surface area (TPSA) is 70.6 Å². The predicted octanol–water partition coefficient (Wildman–Crippen LogP) is 3.77. The highest BCUT2D eigenvalue weighted by Crippen LogP contribution is 2.31. The van der Waals surface area contributed by atoms with Gasteiger partial charge in [-0.3, -0.25) is 14.7 Å². The zero-order chi connectivity index (χ0) is 22.9. The Kier molecular flexibility index (Phi) is 5.78. The molecule has 1 unspecified atom stereocenters. The third kappa shape index (κ3) is 3.85. The summed E-state index contributed by atoms with van der Waals surface area (Å²) in [7, 11) is 1.68. The number of rotatable bonds is 5. The number of piperazine rings is 1. The molecule has 33 heavy (non-hydrogen) atoms. The molecule has 2 aromatic heterocycles. The fourth-order valence-electron chi connectivity index (χ4n) is 4.59. The molecule has 170 valence electrons. The average Bonchev–Trinajstić information content (AvgIpc) is 3.28. The molecule has 0 amide bonds. The highest BCUT2D eigenvalue weighted by Gasteiger charge is 2.26. The zero-order valence-electron chi connectivity index (χ0n) is 18.7. The molecule has 3 heterocycles. The van der Waals surface area contributed by atoms with Crippen LogP contribution in [0.25, 0.3) is 21.3 Å². The van der Waals surface area contributed by atoms with E-state index < -0.39 is 0 Å². The van der Waals surface area contributed by atoms with Gasteiger partial charge in [0.15, 0.2) is 0 Å². The predicted molar refractivity (Wildman–Crippen MR) is 134 cm³/mol. The Balaban J connectivity index is 1.44. The van der Waals surface area contributed by atoms with Crippen LogP contribution in [-0.2, 0) is 0 Å². The Morgan fingerprint density at radius 2 is 1.67 bits per heavy atom. The second-order valence-corrected chi connectivity index (χ2v) is 9.03. The lowest BCUT2D eigenvalue weighted by Crippen LogP contribution is -2.52. The molecule has 1 aliphatic heterocycles. The van der Waals surface area contributed by atoms with Crippen LogP contribution in [0, 0.1) is 0 Å². The molecule has 4 aromatic rings. The van der Waals surface area contributed by atoms with Gasteiger partial charge in [0.25, 0.3) is 5.56 Å². The maximum atomic E-state index is 13.6. The number of ether oxygens (including phenoxy) is 1. The summed E-state index contributed by atoms with van der Waals surface area (Å²) in [4.78, 5) is 34.5. The van der Waals surface area contributed by atoms with Crippen LogP contribution in [0.4, 0.5) is 5.69 Å². The largest absolute Gasteiger partial charge is 0.495 e. The molecule has 1 atom stereocenters. The smallest absolute Gasteiger partial charge is 0.330 e. The van der Waals surface area contributed by atoms with E-state index in [0.717, 1.165) is 48.7 Å². The molecule has 5 rings (SSSR count).